The molecule has 0 saturated heterocycles. The predicted molar refractivity (Wildman–Crippen MR) is 92.0 cm³/mol. The highest BCUT2D eigenvalue weighted by atomic mass is 19.4. The van der Waals surface area contributed by atoms with Crippen LogP contribution in [-0.4, -0.2) is 38.9 Å². The summed E-state index contributed by atoms with van der Waals surface area (Å²) in [5.41, 5.74) is 1.52. The minimum atomic E-state index is -4.98. The van der Waals surface area contributed by atoms with Crippen LogP contribution in [0.5, 0.6) is 5.88 Å². The molecule has 2 N–H and O–H groups in total. The molecule has 0 atom stereocenters. The number of nitrogens with one attached hydrogen (secondary N) is 2. The van der Waals surface area contributed by atoms with Crippen LogP contribution in [0.15, 0.2) is 42.6 Å². The summed E-state index contributed by atoms with van der Waals surface area (Å²) in [6.07, 6.45) is -4.31. The van der Waals surface area contributed by atoms with E-state index in [1.165, 1.54) is 19.2 Å². The molecular formula is C17H12F4N6O3. The van der Waals surface area contributed by atoms with Crippen LogP contribution in [0.2, 0.25) is 0 Å². The van der Waals surface area contributed by atoms with Gasteiger partial charge in [0, 0.05) is 11.6 Å². The van der Waals surface area contributed by atoms with Crippen molar-refractivity contribution >= 4 is 11.8 Å². The summed E-state index contributed by atoms with van der Waals surface area (Å²) in [6.45, 7) is 0. The van der Waals surface area contributed by atoms with Crippen molar-refractivity contribution in [2.45, 2.75) is 6.18 Å². The van der Waals surface area contributed by atoms with Gasteiger partial charge in [0.1, 0.15) is 5.82 Å². The third-order valence-corrected chi connectivity index (χ3v) is 3.73. The van der Waals surface area contributed by atoms with E-state index >= 15 is 0 Å². The average Bonchev–Trinajstić information content (AvgIpc) is 3.18. The Morgan fingerprint density at radius 1 is 1.00 bits per heavy atom. The topological polar surface area (TPSA) is 111 Å². The molecular weight excluding hydrogens is 412 g/mol. The van der Waals surface area contributed by atoms with Crippen LogP contribution in [0.3, 0.4) is 0 Å². The van der Waals surface area contributed by atoms with Crippen molar-refractivity contribution in [3.05, 3.63) is 65.2 Å². The Kier molecular flexibility index (Phi) is 5.62. The molecule has 0 aliphatic carbocycles. The zero-order chi connectivity index (χ0) is 21.9. The largest absolute Gasteiger partial charge is 0.480 e. The lowest BCUT2D eigenvalue weighted by Gasteiger charge is -2.12. The van der Waals surface area contributed by atoms with Crippen molar-refractivity contribution in [2.75, 3.05) is 7.11 Å². The fourth-order valence-corrected chi connectivity index (χ4v) is 2.35. The molecule has 0 saturated carbocycles. The Morgan fingerprint density at radius 3 is 2.23 bits per heavy atom. The second-order valence-corrected chi connectivity index (χ2v) is 5.67. The number of benzene rings is 1. The lowest BCUT2D eigenvalue weighted by molar-refractivity contribution is -0.143. The van der Waals surface area contributed by atoms with E-state index in [0.29, 0.717) is 10.9 Å². The lowest BCUT2D eigenvalue weighted by atomic mass is 10.2. The number of alkyl halides is 3. The van der Waals surface area contributed by atoms with Crippen LogP contribution in [0.25, 0.3) is 5.82 Å². The van der Waals surface area contributed by atoms with Gasteiger partial charge in [-0.05, 0) is 30.3 Å². The number of aromatic nitrogens is 4. The monoisotopic (exact) mass is 424 g/mol. The summed E-state index contributed by atoms with van der Waals surface area (Å²) in [6, 6.07) is 6.74. The van der Waals surface area contributed by atoms with Crippen molar-refractivity contribution in [3.8, 4) is 11.7 Å². The van der Waals surface area contributed by atoms with E-state index in [4.69, 9.17) is 4.74 Å². The lowest BCUT2D eigenvalue weighted by Crippen LogP contribution is -2.42. The number of nitrogens with zero attached hydrogens (tertiary/aromatic N) is 4. The summed E-state index contributed by atoms with van der Waals surface area (Å²) in [4.78, 5) is 24.2. The van der Waals surface area contributed by atoms with E-state index in [0.717, 1.165) is 24.3 Å². The summed E-state index contributed by atoms with van der Waals surface area (Å²) in [5.74, 6) is -2.95. The number of hydrogen-bond donors (Lipinski definition) is 2. The minimum absolute atomic E-state index is 0.0167. The number of amides is 2. The number of rotatable bonds is 4. The molecule has 30 heavy (non-hydrogen) atoms. The second-order valence-electron chi connectivity index (χ2n) is 5.67. The highest BCUT2D eigenvalue weighted by Crippen LogP contribution is 2.33. The Labute approximate surface area is 165 Å². The first-order chi connectivity index (χ1) is 14.2. The van der Waals surface area contributed by atoms with Crippen molar-refractivity contribution in [3.63, 3.8) is 0 Å². The minimum Gasteiger partial charge on any atom is -0.480 e. The van der Waals surface area contributed by atoms with Crippen LogP contribution in [0.1, 0.15) is 26.4 Å². The number of carbonyl (C=O) groups excluding carboxylic acids is 2. The van der Waals surface area contributed by atoms with Gasteiger partial charge in [0.15, 0.2) is 11.5 Å². The highest BCUT2D eigenvalue weighted by molar-refractivity contribution is 5.99. The number of carbonyl (C=O) groups is 2. The van der Waals surface area contributed by atoms with Gasteiger partial charge in [-0.1, -0.05) is 0 Å². The molecule has 13 heteroatoms. The van der Waals surface area contributed by atoms with Gasteiger partial charge >= 0.3 is 6.18 Å². The van der Waals surface area contributed by atoms with E-state index in [-0.39, 0.29) is 17.3 Å². The van der Waals surface area contributed by atoms with Gasteiger partial charge in [-0.3, -0.25) is 20.4 Å². The van der Waals surface area contributed by atoms with Crippen LogP contribution >= 0.6 is 0 Å². The van der Waals surface area contributed by atoms with Crippen molar-refractivity contribution in [2.24, 2.45) is 0 Å². The molecule has 0 fully saturated rings. The van der Waals surface area contributed by atoms with Crippen LogP contribution < -0.4 is 15.6 Å². The van der Waals surface area contributed by atoms with Gasteiger partial charge in [0.2, 0.25) is 5.88 Å². The van der Waals surface area contributed by atoms with Crippen LogP contribution in [0, 0.1) is 5.82 Å². The Balaban J connectivity index is 1.84. The van der Waals surface area contributed by atoms with Gasteiger partial charge in [0.05, 0.1) is 18.9 Å². The fourth-order valence-electron chi connectivity index (χ4n) is 2.35. The zero-order valence-electron chi connectivity index (χ0n) is 15.1. The molecule has 2 heterocycles. The summed E-state index contributed by atoms with van der Waals surface area (Å²) < 4.78 is 58.9. The number of hydrogen-bond acceptors (Lipinski definition) is 6. The smallest absolute Gasteiger partial charge is 0.434 e. The van der Waals surface area contributed by atoms with Gasteiger partial charge < -0.3 is 4.74 Å². The average molecular weight is 424 g/mol. The summed E-state index contributed by atoms with van der Waals surface area (Å²) in [7, 11) is 1.31. The Morgan fingerprint density at radius 2 is 1.67 bits per heavy atom. The first-order valence-electron chi connectivity index (χ1n) is 8.10. The van der Waals surface area contributed by atoms with Crippen molar-refractivity contribution in [1.82, 2.24) is 30.8 Å². The first kappa shape index (κ1) is 20.7. The fraction of sp³-hybridized carbons (Fsp3) is 0.118. The summed E-state index contributed by atoms with van der Waals surface area (Å²) >= 11 is 0. The van der Waals surface area contributed by atoms with Gasteiger partial charge in [-0.15, -0.1) is 10.2 Å². The third kappa shape index (κ3) is 4.34. The number of hydrazine groups is 1. The maximum atomic E-state index is 13.6. The molecule has 1 aromatic carbocycles. The number of methoxy groups -OCH3 is 1. The molecule has 0 unspecified atom stereocenters. The predicted octanol–water partition coefficient (Wildman–Crippen LogP) is 1.90. The van der Waals surface area contributed by atoms with E-state index < -0.39 is 35.1 Å². The van der Waals surface area contributed by atoms with E-state index in [1.54, 1.807) is 0 Å². The normalized spacial score (nSPS) is 11.1. The number of halogens is 4. The second kappa shape index (κ2) is 8.14. The van der Waals surface area contributed by atoms with Crippen LogP contribution in [-0.2, 0) is 6.18 Å². The standard InChI is InChI=1S/C17H12F4N6O3/c1-30-13-7-6-12(23-24-13)27-14(17(19,20)21)11(8-22-27)16(29)26-25-15(28)9-2-4-10(18)5-3-9/h2-8H,1H3,(H,25,28)(H,26,29). The quantitative estimate of drug-likeness (QED) is 0.489. The molecule has 0 aliphatic heterocycles. The maximum absolute atomic E-state index is 13.6. The molecule has 0 spiro atoms. The van der Waals surface area contributed by atoms with Crippen LogP contribution in [0.4, 0.5) is 17.6 Å². The summed E-state index contributed by atoms with van der Waals surface area (Å²) in [5, 5.41) is 10.7. The Hall–Kier alpha value is -4.03. The van der Waals surface area contributed by atoms with Gasteiger partial charge in [0.25, 0.3) is 11.8 Å². The molecule has 0 bridgehead atoms. The molecule has 156 valence electrons. The van der Waals surface area contributed by atoms with Gasteiger partial charge in [-0.25, -0.2) is 9.07 Å². The van der Waals surface area contributed by atoms with E-state index in [1.807, 2.05) is 10.9 Å². The highest BCUT2D eigenvalue weighted by Gasteiger charge is 2.41. The van der Waals surface area contributed by atoms with E-state index in [9.17, 15) is 27.2 Å². The molecule has 2 aromatic heterocycles. The first-order valence-corrected chi connectivity index (χ1v) is 8.10. The third-order valence-electron chi connectivity index (χ3n) is 3.73. The molecule has 3 rings (SSSR count). The molecule has 9 nitrogen and oxygen atoms in total. The number of ether oxygens (including phenoxy) is 1. The SMILES string of the molecule is COc1ccc(-n2ncc(C(=O)NNC(=O)c3ccc(F)cc3)c2C(F)(F)F)nn1. The maximum Gasteiger partial charge on any atom is 0.434 e. The van der Waals surface area contributed by atoms with E-state index in [2.05, 4.69) is 15.3 Å². The van der Waals surface area contributed by atoms with Crippen molar-refractivity contribution < 1.29 is 31.9 Å². The molecule has 0 radical (unpaired) electrons. The molecule has 3 aromatic rings. The van der Waals surface area contributed by atoms with Gasteiger partial charge in [-0.2, -0.15) is 18.3 Å². The van der Waals surface area contributed by atoms with Crippen molar-refractivity contribution in [1.29, 1.82) is 0 Å². The molecule has 0 aliphatic rings. The zero-order valence-corrected chi connectivity index (χ0v) is 15.1. The Bertz CT molecular complexity index is 1060. The molecule has 2 amide bonds.